The molecule has 6 aliphatic heterocycles. The van der Waals surface area contributed by atoms with E-state index in [0.717, 1.165) is 115 Å². The van der Waals surface area contributed by atoms with Gasteiger partial charge in [-0.05, 0) is 214 Å². The molecule has 0 radical (unpaired) electrons. The first-order valence-electron chi connectivity index (χ1n) is 34.4. The second-order valence-electron chi connectivity index (χ2n) is 30.6. The molecule has 9 heteroatoms. The van der Waals surface area contributed by atoms with Crippen LogP contribution in [0.2, 0.25) is 0 Å². The van der Waals surface area contributed by atoms with Crippen molar-refractivity contribution < 1.29 is 14.6 Å². The normalized spacial score (nSPS) is 32.1. The van der Waals surface area contributed by atoms with Gasteiger partial charge in [0.2, 0.25) is 0 Å². The molecule has 0 amide bonds. The van der Waals surface area contributed by atoms with Gasteiger partial charge in [-0.25, -0.2) is 0 Å². The van der Waals surface area contributed by atoms with Crippen molar-refractivity contribution >= 4 is 0 Å². The lowest BCUT2D eigenvalue weighted by molar-refractivity contribution is 0.0622. The maximum atomic E-state index is 9.24. The smallest absolute Gasteiger partial charge is 0.0618 e. The van der Waals surface area contributed by atoms with Crippen LogP contribution in [0.3, 0.4) is 0 Å². The minimum Gasteiger partial charge on any atom is -0.395 e. The van der Waals surface area contributed by atoms with Crippen LogP contribution in [-0.4, -0.2) is 178 Å². The zero-order chi connectivity index (χ0) is 61.8. The van der Waals surface area contributed by atoms with Crippen molar-refractivity contribution in [3.63, 3.8) is 0 Å². The van der Waals surface area contributed by atoms with Gasteiger partial charge in [-0.3, -0.25) is 29.4 Å². The lowest BCUT2D eigenvalue weighted by Crippen LogP contribution is -2.45. The number of rotatable bonds is 18. The van der Waals surface area contributed by atoms with E-state index in [1.807, 2.05) is 7.11 Å². The molecule has 0 bridgehead atoms. The summed E-state index contributed by atoms with van der Waals surface area (Å²) in [5.74, 6) is 8.08. The van der Waals surface area contributed by atoms with Crippen molar-refractivity contribution in [3.8, 4) is 0 Å². The summed E-state index contributed by atoms with van der Waals surface area (Å²) in [5, 5.41) is 9.24. The summed E-state index contributed by atoms with van der Waals surface area (Å²) in [6, 6.07) is 11.1. The van der Waals surface area contributed by atoms with E-state index in [0.29, 0.717) is 66.8 Å². The van der Waals surface area contributed by atoms with Crippen LogP contribution in [0, 0.1) is 59.2 Å². The van der Waals surface area contributed by atoms with Gasteiger partial charge >= 0.3 is 0 Å². The van der Waals surface area contributed by atoms with Crippen molar-refractivity contribution in [2.24, 2.45) is 59.2 Å². The van der Waals surface area contributed by atoms with Crippen molar-refractivity contribution in [2.45, 2.75) is 355 Å². The molecule has 6 aliphatic rings. The van der Waals surface area contributed by atoms with Crippen molar-refractivity contribution in [1.82, 2.24) is 29.4 Å². The maximum absolute atomic E-state index is 9.24. The highest BCUT2D eigenvalue weighted by molar-refractivity contribution is 4.96. The standard InChI is InChI=1S/C13H27NO.C12H25NO.2C12H25N.C11H23NO.C11H23N/c1-9(2)13-7-12(8-15-6)11(5)14(13)10(3)4;1-9(2)12-7-6-11(8-14-5)13(12)10(3)4;1-8(2)12-7-10(5)11(6)13(12)9(3)4;1-6-11-7-12(9(2)3)13(8-11)10(4)5;1-8(2)11-6-5-10(7-13)12(11)9(3)4;1-8(2)11-10(5)6-7-12(11)9(3)4/h9-13H,7-8H2,1-6H3;9-12H,6-8H2,1-5H3;8-12H,7H2,1-6H3;9-12H,6-8H2,1-5H3;8-11,13H,5-7H2,1-4H3;8-11H,6-7H2,1-5H3/t11?,12?,13-;11?,12-;10?,11?,12-;11?,12-;2*10?,11-/m000001/s1. The van der Waals surface area contributed by atoms with Crippen LogP contribution in [-0.2, 0) is 9.47 Å². The fourth-order valence-corrected chi connectivity index (χ4v) is 16.4. The summed E-state index contributed by atoms with van der Waals surface area (Å²) in [6.07, 6.45) is 11.9. The van der Waals surface area contributed by atoms with Gasteiger partial charge in [0, 0.05) is 117 Å². The highest BCUT2D eigenvalue weighted by Crippen LogP contribution is 2.38. The Labute approximate surface area is 503 Å². The molecular formula is C71H148N6O3. The van der Waals surface area contributed by atoms with Crippen LogP contribution >= 0.6 is 0 Å². The van der Waals surface area contributed by atoms with Crippen LogP contribution in [0.25, 0.3) is 0 Å². The monoisotopic (exact) mass is 1130 g/mol. The Morgan fingerprint density at radius 3 is 1.14 bits per heavy atom. The predicted octanol–water partition coefficient (Wildman–Crippen LogP) is 16.2. The Morgan fingerprint density at radius 1 is 0.400 bits per heavy atom. The van der Waals surface area contributed by atoms with E-state index in [2.05, 4.69) is 230 Å². The predicted molar refractivity (Wildman–Crippen MR) is 353 cm³/mol. The quantitative estimate of drug-likeness (QED) is 0.145. The first kappa shape index (κ1) is 77.7. The number of ether oxygens (including phenoxy) is 2. The molecule has 0 aliphatic carbocycles. The molecular weight excluding hydrogens is 985 g/mol. The van der Waals surface area contributed by atoms with Crippen molar-refractivity contribution in [2.75, 3.05) is 47.1 Å². The Morgan fingerprint density at radius 2 is 0.812 bits per heavy atom. The third kappa shape index (κ3) is 23.1. The van der Waals surface area contributed by atoms with Crippen LogP contribution in [0.15, 0.2) is 0 Å². The van der Waals surface area contributed by atoms with Gasteiger partial charge in [-0.2, -0.15) is 0 Å². The van der Waals surface area contributed by atoms with Crippen LogP contribution in [0.5, 0.6) is 0 Å². The van der Waals surface area contributed by atoms with Crippen LogP contribution in [0.1, 0.15) is 259 Å². The van der Waals surface area contributed by atoms with E-state index in [9.17, 15) is 5.11 Å². The number of hydrogen-bond donors (Lipinski definition) is 1. The SMILES string of the molecule is CC(C)[C@@H]1C(C)CCN1C(C)C.CC(C)[C@@H]1CCC(CO)N1C(C)C.CC1C[C@@H](C(C)C)N(C(C)C)C1C.CCC1C[C@@H](C(C)C)N(C(C)C)C1.COCC1CC[C@@H](C(C)C)N1C(C)C.COCC1C[C@@H](C(C)C)N(C(C)C)C1C. The fourth-order valence-electron chi connectivity index (χ4n) is 16.4. The maximum Gasteiger partial charge on any atom is 0.0618 e. The van der Waals surface area contributed by atoms with Gasteiger partial charge in [-0.15, -0.1) is 0 Å². The minimum atomic E-state index is 0.321. The van der Waals surface area contributed by atoms with E-state index >= 15 is 0 Å². The molecule has 6 saturated heterocycles. The highest BCUT2D eigenvalue weighted by Gasteiger charge is 2.42. The lowest BCUT2D eigenvalue weighted by atomic mass is 9.92. The zero-order valence-corrected chi connectivity index (χ0v) is 59.9. The molecule has 6 fully saturated rings. The Balaban J connectivity index is 0.000000481. The Hall–Kier alpha value is -0.360. The molecule has 0 aromatic rings. The Bertz CT molecular complexity index is 1520. The van der Waals surface area contributed by atoms with Gasteiger partial charge in [0.1, 0.15) is 0 Å². The van der Waals surface area contributed by atoms with E-state index in [1.165, 1.54) is 64.5 Å². The number of nitrogens with zero attached hydrogens (tertiary/aromatic N) is 6. The van der Waals surface area contributed by atoms with E-state index in [-0.39, 0.29) is 0 Å². The molecule has 9 nitrogen and oxygen atoms in total. The van der Waals surface area contributed by atoms with Gasteiger partial charge in [0.25, 0.3) is 0 Å². The molecule has 6 heterocycles. The molecule has 0 saturated carbocycles. The van der Waals surface area contributed by atoms with Gasteiger partial charge in [0.05, 0.1) is 19.8 Å². The third-order valence-electron chi connectivity index (χ3n) is 20.6. The van der Waals surface area contributed by atoms with E-state index in [1.54, 1.807) is 7.11 Å². The molecule has 0 aromatic heterocycles. The summed E-state index contributed by atoms with van der Waals surface area (Å²) in [7, 11) is 3.62. The average Bonchev–Trinajstić information content (AvgIpc) is 4.23. The largest absolute Gasteiger partial charge is 0.395 e. The topological polar surface area (TPSA) is 58.1 Å². The summed E-state index contributed by atoms with van der Waals surface area (Å²) in [6.45, 7) is 72.2. The fraction of sp³-hybridized carbons (Fsp3) is 1.00. The van der Waals surface area contributed by atoms with Crippen molar-refractivity contribution in [3.05, 3.63) is 0 Å². The molecule has 480 valence electrons. The number of aliphatic hydroxyl groups excluding tert-OH is 1. The summed E-state index contributed by atoms with van der Waals surface area (Å²) < 4.78 is 10.6. The Kier molecular flexibility index (Phi) is 36.9. The summed E-state index contributed by atoms with van der Waals surface area (Å²) >= 11 is 0. The van der Waals surface area contributed by atoms with Crippen molar-refractivity contribution in [1.29, 1.82) is 0 Å². The minimum absolute atomic E-state index is 0.321. The summed E-state index contributed by atoms with van der Waals surface area (Å²) in [4.78, 5) is 15.9. The second-order valence-corrected chi connectivity index (χ2v) is 30.6. The zero-order valence-electron chi connectivity index (χ0n) is 59.9. The molecule has 80 heavy (non-hydrogen) atoms. The average molecular weight is 1130 g/mol. The first-order chi connectivity index (χ1) is 37.2. The molecule has 14 atom stereocenters. The third-order valence-corrected chi connectivity index (χ3v) is 20.6. The van der Waals surface area contributed by atoms with Crippen LogP contribution < -0.4 is 0 Å². The number of likely N-dealkylation sites (tertiary alicyclic amines) is 6. The van der Waals surface area contributed by atoms with Gasteiger partial charge < -0.3 is 14.6 Å². The number of methoxy groups -OCH3 is 2. The molecule has 6 rings (SSSR count). The first-order valence-corrected chi connectivity index (χ1v) is 34.4. The number of aliphatic hydroxyl groups is 1. The summed E-state index contributed by atoms with van der Waals surface area (Å²) in [5.41, 5.74) is 0. The molecule has 1 N–H and O–H groups in total. The highest BCUT2D eigenvalue weighted by atomic mass is 16.5. The molecule has 8 unspecified atom stereocenters. The second kappa shape index (κ2) is 38.0. The van der Waals surface area contributed by atoms with E-state index in [4.69, 9.17) is 9.47 Å². The van der Waals surface area contributed by atoms with Gasteiger partial charge in [0.15, 0.2) is 0 Å². The van der Waals surface area contributed by atoms with Crippen LogP contribution in [0.4, 0.5) is 0 Å². The number of hydrogen-bond acceptors (Lipinski definition) is 9. The molecule has 0 spiro atoms. The van der Waals surface area contributed by atoms with E-state index < -0.39 is 0 Å². The van der Waals surface area contributed by atoms with Gasteiger partial charge in [-0.1, -0.05) is 110 Å². The molecule has 0 aromatic carbocycles. The lowest BCUT2D eigenvalue weighted by Gasteiger charge is -2.35.